The Morgan fingerprint density at radius 2 is 1.82 bits per heavy atom. The molecule has 7 heteroatoms. The lowest BCUT2D eigenvalue weighted by Gasteiger charge is -2.38. The van der Waals surface area contributed by atoms with Gasteiger partial charge < -0.3 is 19.0 Å². The first-order valence-electron chi connectivity index (χ1n) is 9.90. The van der Waals surface area contributed by atoms with E-state index >= 15 is 0 Å². The molecule has 148 valence electrons. The van der Waals surface area contributed by atoms with Crippen LogP contribution in [0.3, 0.4) is 0 Å². The standard InChI is InChI=1S/C21H25N3O4/c1-2-27-21(26)23-11-9-18(10-12-23)24(17-7-8-17)20(25)16-5-3-15(4-6-16)19-13-22-14-28-19/h3-6,13-14,17-18H,2,7-12H2,1H3. The van der Waals surface area contributed by atoms with Crippen LogP contribution in [0.5, 0.6) is 0 Å². The molecule has 2 aliphatic rings. The Balaban J connectivity index is 1.43. The van der Waals surface area contributed by atoms with E-state index in [0.717, 1.165) is 31.2 Å². The number of rotatable bonds is 5. The largest absolute Gasteiger partial charge is 0.450 e. The number of oxazole rings is 1. The van der Waals surface area contributed by atoms with E-state index in [1.54, 1.807) is 11.1 Å². The van der Waals surface area contributed by atoms with Crippen molar-refractivity contribution < 1.29 is 18.7 Å². The predicted molar refractivity (Wildman–Crippen MR) is 103 cm³/mol. The molecule has 2 fully saturated rings. The molecule has 0 atom stereocenters. The van der Waals surface area contributed by atoms with Crippen LogP contribution in [0.1, 0.15) is 43.0 Å². The first-order valence-corrected chi connectivity index (χ1v) is 9.90. The highest BCUT2D eigenvalue weighted by Crippen LogP contribution is 2.33. The van der Waals surface area contributed by atoms with Gasteiger partial charge >= 0.3 is 6.09 Å². The summed E-state index contributed by atoms with van der Waals surface area (Å²) < 4.78 is 10.4. The molecular weight excluding hydrogens is 358 g/mol. The summed E-state index contributed by atoms with van der Waals surface area (Å²) in [6.07, 6.45) is 6.48. The van der Waals surface area contributed by atoms with Crippen molar-refractivity contribution in [3.05, 3.63) is 42.4 Å². The first kappa shape index (κ1) is 18.5. The SMILES string of the molecule is CCOC(=O)N1CCC(N(C(=O)c2ccc(-c3cnco3)cc2)C2CC2)CC1. The maximum Gasteiger partial charge on any atom is 0.409 e. The van der Waals surface area contributed by atoms with Gasteiger partial charge in [-0.2, -0.15) is 0 Å². The molecule has 0 radical (unpaired) electrons. The summed E-state index contributed by atoms with van der Waals surface area (Å²) in [4.78, 5) is 32.9. The third-order valence-corrected chi connectivity index (χ3v) is 5.41. The van der Waals surface area contributed by atoms with E-state index in [-0.39, 0.29) is 18.0 Å². The van der Waals surface area contributed by atoms with Gasteiger partial charge in [0.1, 0.15) is 0 Å². The Labute approximate surface area is 164 Å². The highest BCUT2D eigenvalue weighted by atomic mass is 16.6. The molecule has 2 aromatic rings. The number of benzene rings is 1. The molecule has 2 amide bonds. The second kappa shape index (κ2) is 8.04. The molecule has 7 nitrogen and oxygen atoms in total. The van der Waals surface area contributed by atoms with E-state index < -0.39 is 0 Å². The Morgan fingerprint density at radius 3 is 2.39 bits per heavy atom. The number of nitrogens with zero attached hydrogens (tertiary/aromatic N) is 3. The molecule has 1 saturated carbocycles. The molecule has 0 bridgehead atoms. The van der Waals surface area contributed by atoms with Crippen LogP contribution in [0.2, 0.25) is 0 Å². The normalized spacial score (nSPS) is 17.4. The van der Waals surface area contributed by atoms with Crippen LogP contribution in [-0.2, 0) is 4.74 Å². The number of hydrogen-bond donors (Lipinski definition) is 0. The van der Waals surface area contributed by atoms with Crippen molar-refractivity contribution in [3.63, 3.8) is 0 Å². The third kappa shape index (κ3) is 3.88. The van der Waals surface area contributed by atoms with Crippen LogP contribution in [0.15, 0.2) is 41.3 Å². The maximum atomic E-state index is 13.2. The fraction of sp³-hybridized carbons (Fsp3) is 0.476. The van der Waals surface area contributed by atoms with E-state index in [4.69, 9.17) is 9.15 Å². The number of aromatic nitrogens is 1. The average Bonchev–Trinajstić information content (AvgIpc) is 3.40. The van der Waals surface area contributed by atoms with Crippen LogP contribution in [0.25, 0.3) is 11.3 Å². The number of likely N-dealkylation sites (tertiary alicyclic amines) is 1. The quantitative estimate of drug-likeness (QED) is 0.789. The average molecular weight is 383 g/mol. The van der Waals surface area contributed by atoms with Crippen LogP contribution in [-0.4, -0.2) is 58.6 Å². The second-order valence-corrected chi connectivity index (χ2v) is 7.30. The molecule has 1 aromatic carbocycles. The molecule has 1 saturated heterocycles. The highest BCUT2D eigenvalue weighted by Gasteiger charge is 2.39. The summed E-state index contributed by atoms with van der Waals surface area (Å²) >= 11 is 0. The molecule has 0 N–H and O–H groups in total. The zero-order valence-corrected chi connectivity index (χ0v) is 16.0. The van der Waals surface area contributed by atoms with Gasteiger partial charge in [0.15, 0.2) is 12.2 Å². The van der Waals surface area contributed by atoms with E-state index in [0.29, 0.717) is 37.1 Å². The molecule has 2 heterocycles. The van der Waals surface area contributed by atoms with E-state index in [9.17, 15) is 9.59 Å². The zero-order valence-electron chi connectivity index (χ0n) is 16.0. The molecule has 28 heavy (non-hydrogen) atoms. The van der Waals surface area contributed by atoms with Gasteiger partial charge in [-0.05, 0) is 44.7 Å². The van der Waals surface area contributed by atoms with Crippen LogP contribution >= 0.6 is 0 Å². The van der Waals surface area contributed by atoms with Crippen molar-refractivity contribution in [2.45, 2.75) is 44.7 Å². The van der Waals surface area contributed by atoms with E-state index in [1.807, 2.05) is 36.1 Å². The van der Waals surface area contributed by atoms with Gasteiger partial charge in [0.25, 0.3) is 5.91 Å². The number of carbonyl (C=O) groups excluding carboxylic acids is 2. The smallest absolute Gasteiger partial charge is 0.409 e. The highest BCUT2D eigenvalue weighted by molar-refractivity contribution is 5.95. The number of hydrogen-bond acceptors (Lipinski definition) is 5. The fourth-order valence-electron chi connectivity index (χ4n) is 3.81. The predicted octanol–water partition coefficient (Wildman–Crippen LogP) is 3.57. The van der Waals surface area contributed by atoms with Gasteiger partial charge in [0.05, 0.1) is 12.8 Å². The van der Waals surface area contributed by atoms with Gasteiger partial charge in [0.2, 0.25) is 0 Å². The van der Waals surface area contributed by atoms with Gasteiger partial charge in [-0.3, -0.25) is 4.79 Å². The molecule has 0 spiro atoms. The van der Waals surface area contributed by atoms with Crippen molar-refractivity contribution in [3.8, 4) is 11.3 Å². The van der Waals surface area contributed by atoms with Crippen LogP contribution in [0.4, 0.5) is 4.79 Å². The minimum absolute atomic E-state index is 0.0706. The van der Waals surface area contributed by atoms with Gasteiger partial charge in [-0.15, -0.1) is 0 Å². The molecule has 4 rings (SSSR count). The first-order chi connectivity index (χ1) is 13.7. The monoisotopic (exact) mass is 383 g/mol. The van der Waals surface area contributed by atoms with Crippen LogP contribution in [0, 0.1) is 0 Å². The van der Waals surface area contributed by atoms with E-state index in [2.05, 4.69) is 4.98 Å². The number of piperidine rings is 1. The van der Waals surface area contributed by atoms with Crippen molar-refractivity contribution in [2.75, 3.05) is 19.7 Å². The minimum atomic E-state index is -0.256. The lowest BCUT2D eigenvalue weighted by Crippen LogP contribution is -2.49. The van der Waals surface area contributed by atoms with Crippen molar-refractivity contribution >= 4 is 12.0 Å². The Bertz CT molecular complexity index is 807. The topological polar surface area (TPSA) is 75.9 Å². The number of amides is 2. The minimum Gasteiger partial charge on any atom is -0.450 e. The Hall–Kier alpha value is -2.83. The number of carbonyl (C=O) groups is 2. The molecule has 1 aliphatic heterocycles. The van der Waals surface area contributed by atoms with Gasteiger partial charge in [0, 0.05) is 36.3 Å². The zero-order chi connectivity index (χ0) is 19.5. The second-order valence-electron chi connectivity index (χ2n) is 7.30. The van der Waals surface area contributed by atoms with Crippen molar-refractivity contribution in [2.24, 2.45) is 0 Å². The maximum absolute atomic E-state index is 13.2. The summed E-state index contributed by atoms with van der Waals surface area (Å²) in [7, 11) is 0. The molecule has 1 aliphatic carbocycles. The third-order valence-electron chi connectivity index (χ3n) is 5.41. The Morgan fingerprint density at radius 1 is 1.14 bits per heavy atom. The van der Waals surface area contributed by atoms with Crippen molar-refractivity contribution in [1.82, 2.24) is 14.8 Å². The van der Waals surface area contributed by atoms with Gasteiger partial charge in [-0.1, -0.05) is 12.1 Å². The lowest BCUT2D eigenvalue weighted by molar-refractivity contribution is 0.0516. The lowest BCUT2D eigenvalue weighted by atomic mass is 10.0. The molecule has 0 unspecified atom stereocenters. The summed E-state index contributed by atoms with van der Waals surface area (Å²) in [5.41, 5.74) is 1.58. The fourth-order valence-corrected chi connectivity index (χ4v) is 3.81. The summed E-state index contributed by atoms with van der Waals surface area (Å²) in [5.74, 6) is 0.755. The number of ether oxygens (including phenoxy) is 1. The molecular formula is C21H25N3O4. The van der Waals surface area contributed by atoms with Crippen LogP contribution < -0.4 is 0 Å². The van der Waals surface area contributed by atoms with Gasteiger partial charge in [-0.25, -0.2) is 9.78 Å². The molecule has 1 aromatic heterocycles. The summed E-state index contributed by atoms with van der Waals surface area (Å²) in [5, 5.41) is 0. The summed E-state index contributed by atoms with van der Waals surface area (Å²) in [6.45, 7) is 3.45. The van der Waals surface area contributed by atoms with E-state index in [1.165, 1.54) is 6.39 Å². The van der Waals surface area contributed by atoms with Crippen molar-refractivity contribution in [1.29, 1.82) is 0 Å². The Kier molecular flexibility index (Phi) is 5.32. The summed E-state index contributed by atoms with van der Waals surface area (Å²) in [6, 6.07) is 7.97.